The monoisotopic (exact) mass is 338 g/mol. The molecule has 2 aromatic rings. The Hall–Kier alpha value is -2.14. The summed E-state index contributed by atoms with van der Waals surface area (Å²) in [6.07, 6.45) is 8.39. The van der Waals surface area contributed by atoms with Crippen molar-refractivity contribution in [1.82, 2.24) is 19.6 Å². The first-order valence-corrected chi connectivity index (χ1v) is 9.40. The molecular formula is C20H26N4O. The van der Waals surface area contributed by atoms with Crippen LogP contribution in [0.1, 0.15) is 31.2 Å². The Morgan fingerprint density at radius 2 is 1.76 bits per heavy atom. The van der Waals surface area contributed by atoms with Gasteiger partial charge >= 0.3 is 0 Å². The van der Waals surface area contributed by atoms with E-state index in [0.717, 1.165) is 51.3 Å². The lowest BCUT2D eigenvalue weighted by atomic mass is 9.95. The summed E-state index contributed by atoms with van der Waals surface area (Å²) in [6, 6.07) is 10.2. The molecule has 5 heteroatoms. The molecule has 2 aliphatic heterocycles. The van der Waals surface area contributed by atoms with Gasteiger partial charge in [0.25, 0.3) is 0 Å². The predicted octanol–water partition coefficient (Wildman–Crippen LogP) is 2.71. The van der Waals surface area contributed by atoms with Gasteiger partial charge in [0.2, 0.25) is 5.91 Å². The second-order valence-electron chi connectivity index (χ2n) is 7.21. The molecule has 4 rings (SSSR count). The highest BCUT2D eigenvalue weighted by molar-refractivity contribution is 5.79. The highest BCUT2D eigenvalue weighted by Gasteiger charge is 2.29. The molecule has 0 radical (unpaired) electrons. The van der Waals surface area contributed by atoms with Gasteiger partial charge in [0.1, 0.15) is 0 Å². The fourth-order valence-electron chi connectivity index (χ4n) is 3.96. The molecule has 0 spiro atoms. The molecule has 1 amide bonds. The third kappa shape index (κ3) is 3.76. The number of piperidine rings is 1. The predicted molar refractivity (Wildman–Crippen MR) is 97.4 cm³/mol. The molecule has 1 aromatic heterocycles. The maximum atomic E-state index is 12.5. The molecule has 1 aromatic carbocycles. The van der Waals surface area contributed by atoms with Gasteiger partial charge in [0.15, 0.2) is 0 Å². The third-order valence-electron chi connectivity index (χ3n) is 5.42. The molecule has 0 atom stereocenters. The van der Waals surface area contributed by atoms with Crippen molar-refractivity contribution in [3.05, 3.63) is 48.3 Å². The zero-order valence-electron chi connectivity index (χ0n) is 14.7. The van der Waals surface area contributed by atoms with Gasteiger partial charge in [0, 0.05) is 37.3 Å². The minimum Gasteiger partial charge on any atom is -0.342 e. The number of hydrogen-bond donors (Lipinski definition) is 0. The summed E-state index contributed by atoms with van der Waals surface area (Å²) in [6.45, 7) is 4.86. The number of carbonyl (C=O) groups is 1. The van der Waals surface area contributed by atoms with Gasteiger partial charge in [-0.15, -0.1) is 0 Å². The standard InChI is InChI=1S/C20H26N4O/c25-20(23-10-4-5-11-23)18-8-12-22(13-9-18)15-17-14-21-24(16-17)19-6-2-1-3-7-19/h1-3,6-7,14,16,18H,4-5,8-13,15H2. The summed E-state index contributed by atoms with van der Waals surface area (Å²) in [4.78, 5) is 17.0. The normalized spacial score (nSPS) is 19.4. The van der Waals surface area contributed by atoms with Gasteiger partial charge in [0.05, 0.1) is 11.9 Å². The van der Waals surface area contributed by atoms with E-state index in [2.05, 4.69) is 33.2 Å². The fraction of sp³-hybridized carbons (Fsp3) is 0.500. The number of likely N-dealkylation sites (tertiary alicyclic amines) is 2. The molecule has 0 aliphatic carbocycles. The van der Waals surface area contributed by atoms with Crippen molar-refractivity contribution in [2.24, 2.45) is 5.92 Å². The van der Waals surface area contributed by atoms with Crippen molar-refractivity contribution in [3.8, 4) is 5.69 Å². The SMILES string of the molecule is O=C(C1CCN(Cc2cnn(-c3ccccc3)c2)CC1)N1CCCC1. The highest BCUT2D eigenvalue weighted by atomic mass is 16.2. The molecule has 5 nitrogen and oxygen atoms in total. The minimum atomic E-state index is 0.237. The Morgan fingerprint density at radius 3 is 2.48 bits per heavy atom. The topological polar surface area (TPSA) is 41.4 Å². The van der Waals surface area contributed by atoms with Crippen molar-refractivity contribution in [1.29, 1.82) is 0 Å². The molecule has 2 saturated heterocycles. The largest absolute Gasteiger partial charge is 0.342 e. The Kier molecular flexibility index (Phi) is 4.83. The summed E-state index contributed by atoms with van der Waals surface area (Å²) in [7, 11) is 0. The van der Waals surface area contributed by atoms with E-state index in [4.69, 9.17) is 0 Å². The van der Waals surface area contributed by atoms with Gasteiger partial charge in [-0.2, -0.15) is 5.10 Å². The van der Waals surface area contributed by atoms with Crippen LogP contribution in [-0.2, 0) is 11.3 Å². The van der Waals surface area contributed by atoms with Gasteiger partial charge in [-0.25, -0.2) is 4.68 Å². The van der Waals surface area contributed by atoms with E-state index in [0.29, 0.717) is 5.91 Å². The average Bonchev–Trinajstić information content (AvgIpc) is 3.35. The van der Waals surface area contributed by atoms with Crippen LogP contribution in [0.3, 0.4) is 0 Å². The molecule has 0 unspecified atom stereocenters. The number of rotatable bonds is 4. The smallest absolute Gasteiger partial charge is 0.225 e. The molecule has 3 heterocycles. The Morgan fingerprint density at radius 1 is 1.04 bits per heavy atom. The first-order chi connectivity index (χ1) is 12.3. The zero-order valence-corrected chi connectivity index (χ0v) is 14.7. The second kappa shape index (κ2) is 7.40. The maximum Gasteiger partial charge on any atom is 0.225 e. The van der Waals surface area contributed by atoms with E-state index in [1.165, 1.54) is 18.4 Å². The lowest BCUT2D eigenvalue weighted by Crippen LogP contribution is -2.41. The van der Waals surface area contributed by atoms with Gasteiger partial charge in [-0.1, -0.05) is 18.2 Å². The average molecular weight is 338 g/mol. The summed E-state index contributed by atoms with van der Waals surface area (Å²) in [5, 5.41) is 4.48. The van der Waals surface area contributed by atoms with Crippen molar-refractivity contribution in [2.75, 3.05) is 26.2 Å². The summed E-state index contributed by atoms with van der Waals surface area (Å²) >= 11 is 0. The number of aromatic nitrogens is 2. The van der Waals surface area contributed by atoms with E-state index in [9.17, 15) is 4.79 Å². The molecule has 0 N–H and O–H groups in total. The first-order valence-electron chi connectivity index (χ1n) is 9.40. The molecule has 2 aliphatic rings. The molecule has 132 valence electrons. The van der Waals surface area contributed by atoms with Crippen LogP contribution in [-0.4, -0.2) is 51.7 Å². The second-order valence-corrected chi connectivity index (χ2v) is 7.21. The molecule has 0 bridgehead atoms. The number of para-hydroxylation sites is 1. The van der Waals surface area contributed by atoms with E-state index >= 15 is 0 Å². The van der Waals surface area contributed by atoms with E-state index in [1.54, 1.807) is 0 Å². The zero-order chi connectivity index (χ0) is 17.1. The fourth-order valence-corrected chi connectivity index (χ4v) is 3.96. The van der Waals surface area contributed by atoms with Crippen LogP contribution in [0.15, 0.2) is 42.7 Å². The third-order valence-corrected chi connectivity index (χ3v) is 5.42. The lowest BCUT2D eigenvalue weighted by Gasteiger charge is -2.32. The van der Waals surface area contributed by atoms with Gasteiger partial charge in [-0.05, 0) is 50.9 Å². The van der Waals surface area contributed by atoms with E-state index in [-0.39, 0.29) is 5.92 Å². The Bertz CT molecular complexity index is 697. The number of benzene rings is 1. The number of amides is 1. The maximum absolute atomic E-state index is 12.5. The molecule has 2 fully saturated rings. The van der Waals surface area contributed by atoms with Crippen LogP contribution in [0.2, 0.25) is 0 Å². The Labute approximate surface area is 149 Å². The molecular weight excluding hydrogens is 312 g/mol. The van der Waals surface area contributed by atoms with Crippen LogP contribution in [0.5, 0.6) is 0 Å². The van der Waals surface area contributed by atoms with Crippen molar-refractivity contribution in [2.45, 2.75) is 32.2 Å². The van der Waals surface area contributed by atoms with Crippen LogP contribution >= 0.6 is 0 Å². The van der Waals surface area contributed by atoms with E-state index < -0.39 is 0 Å². The van der Waals surface area contributed by atoms with E-state index in [1.807, 2.05) is 29.1 Å². The highest BCUT2D eigenvalue weighted by Crippen LogP contribution is 2.23. The number of hydrogen-bond acceptors (Lipinski definition) is 3. The number of carbonyl (C=O) groups excluding carboxylic acids is 1. The quantitative estimate of drug-likeness (QED) is 0.861. The molecule has 0 saturated carbocycles. The van der Waals surface area contributed by atoms with Crippen molar-refractivity contribution < 1.29 is 4.79 Å². The summed E-state index contributed by atoms with van der Waals surface area (Å²) in [5.74, 6) is 0.635. The molecule has 25 heavy (non-hydrogen) atoms. The summed E-state index contributed by atoms with van der Waals surface area (Å²) in [5.41, 5.74) is 2.32. The first kappa shape index (κ1) is 16.3. The van der Waals surface area contributed by atoms with Crippen LogP contribution in [0.25, 0.3) is 5.69 Å². The van der Waals surface area contributed by atoms with Crippen LogP contribution in [0, 0.1) is 5.92 Å². The van der Waals surface area contributed by atoms with Gasteiger partial charge < -0.3 is 4.90 Å². The summed E-state index contributed by atoms with van der Waals surface area (Å²) < 4.78 is 1.93. The Balaban J connectivity index is 1.30. The lowest BCUT2D eigenvalue weighted by molar-refractivity contribution is -0.136. The minimum absolute atomic E-state index is 0.237. The number of nitrogens with zero attached hydrogens (tertiary/aromatic N) is 4. The van der Waals surface area contributed by atoms with Crippen molar-refractivity contribution in [3.63, 3.8) is 0 Å². The van der Waals surface area contributed by atoms with Crippen molar-refractivity contribution >= 4 is 5.91 Å². The van der Waals surface area contributed by atoms with Gasteiger partial charge in [-0.3, -0.25) is 9.69 Å². The van der Waals surface area contributed by atoms with Crippen LogP contribution < -0.4 is 0 Å². The van der Waals surface area contributed by atoms with Crippen LogP contribution in [0.4, 0.5) is 0 Å².